The Morgan fingerprint density at radius 2 is 2.05 bits per heavy atom. The lowest BCUT2D eigenvalue weighted by Gasteiger charge is -2.07. The molecule has 0 unspecified atom stereocenters. The maximum atomic E-state index is 11.9. The molecule has 21 heavy (non-hydrogen) atoms. The zero-order valence-electron chi connectivity index (χ0n) is 11.9. The number of phenolic OH excluding ortho intramolecular Hbond substituents is 1. The van der Waals surface area contributed by atoms with Gasteiger partial charge in [-0.05, 0) is 19.1 Å². The van der Waals surface area contributed by atoms with E-state index in [2.05, 4.69) is 10.1 Å². The van der Waals surface area contributed by atoms with Gasteiger partial charge in [-0.15, -0.1) is 0 Å². The zero-order valence-corrected chi connectivity index (χ0v) is 11.9. The van der Waals surface area contributed by atoms with E-state index in [-0.39, 0.29) is 22.6 Å². The number of hydrogen-bond donors (Lipinski definition) is 2. The van der Waals surface area contributed by atoms with Crippen molar-refractivity contribution >= 4 is 18.0 Å². The van der Waals surface area contributed by atoms with E-state index in [1.165, 1.54) is 20.3 Å². The van der Waals surface area contributed by atoms with Gasteiger partial charge in [0.2, 0.25) is 0 Å². The van der Waals surface area contributed by atoms with Crippen molar-refractivity contribution in [2.75, 3.05) is 14.2 Å². The third kappa shape index (κ3) is 2.60. The molecule has 6 nitrogen and oxygen atoms in total. The molecule has 0 fully saturated rings. The lowest BCUT2D eigenvalue weighted by Crippen LogP contribution is -2.15. The molecule has 0 spiro atoms. The highest BCUT2D eigenvalue weighted by Gasteiger charge is 2.30. The van der Waals surface area contributed by atoms with Gasteiger partial charge in [-0.3, -0.25) is 4.79 Å². The highest BCUT2D eigenvalue weighted by molar-refractivity contribution is 6.16. The molecule has 1 amide bonds. The third-order valence-corrected chi connectivity index (χ3v) is 3.13. The molecule has 0 radical (unpaired) electrons. The highest BCUT2D eigenvalue weighted by atomic mass is 16.5. The normalized spacial score (nSPS) is 16.1. The number of carbonyl (C=O) groups excluding carboxylic acids is 2. The molecular formula is C15H15NO5. The van der Waals surface area contributed by atoms with Crippen LogP contribution < -0.4 is 10.1 Å². The second kappa shape index (κ2) is 5.70. The molecule has 0 aromatic heterocycles. The lowest BCUT2D eigenvalue weighted by molar-refractivity contribution is -0.136. The number of phenols is 1. The average molecular weight is 289 g/mol. The summed E-state index contributed by atoms with van der Waals surface area (Å²) in [5.74, 6) is -0.855. The van der Waals surface area contributed by atoms with E-state index in [0.717, 1.165) is 0 Å². The zero-order chi connectivity index (χ0) is 15.6. The van der Waals surface area contributed by atoms with Crippen LogP contribution in [0.2, 0.25) is 0 Å². The molecule has 0 saturated heterocycles. The number of ether oxygens (including phenoxy) is 2. The van der Waals surface area contributed by atoms with Gasteiger partial charge < -0.3 is 19.9 Å². The molecule has 1 heterocycles. The Morgan fingerprint density at radius 1 is 1.33 bits per heavy atom. The van der Waals surface area contributed by atoms with Gasteiger partial charge in [-0.1, -0.05) is 12.1 Å². The van der Waals surface area contributed by atoms with E-state index in [1.54, 1.807) is 25.1 Å². The van der Waals surface area contributed by atoms with Gasteiger partial charge in [-0.2, -0.15) is 0 Å². The number of allylic oxidation sites excluding steroid dienone is 1. The molecule has 0 bridgehead atoms. The Morgan fingerprint density at radius 3 is 2.67 bits per heavy atom. The van der Waals surface area contributed by atoms with Gasteiger partial charge >= 0.3 is 5.97 Å². The first-order chi connectivity index (χ1) is 9.99. The summed E-state index contributed by atoms with van der Waals surface area (Å²) >= 11 is 0. The first kappa shape index (κ1) is 14.6. The van der Waals surface area contributed by atoms with Crippen LogP contribution in [-0.2, 0) is 14.3 Å². The van der Waals surface area contributed by atoms with Gasteiger partial charge in [0.15, 0.2) is 11.5 Å². The molecule has 1 aliphatic heterocycles. The number of aromatic hydroxyl groups is 1. The monoisotopic (exact) mass is 289 g/mol. The highest BCUT2D eigenvalue weighted by Crippen LogP contribution is 2.33. The SMILES string of the molecule is COC(=O)C1=C(C)NC(=O)C1=Cc1cccc(OC)c1O. The van der Waals surface area contributed by atoms with Crippen molar-refractivity contribution in [2.45, 2.75) is 6.92 Å². The smallest absolute Gasteiger partial charge is 0.340 e. The summed E-state index contributed by atoms with van der Waals surface area (Å²) in [5, 5.41) is 12.6. The van der Waals surface area contributed by atoms with E-state index in [1.807, 2.05) is 0 Å². The van der Waals surface area contributed by atoms with Crippen molar-refractivity contribution in [3.05, 3.63) is 40.6 Å². The fourth-order valence-corrected chi connectivity index (χ4v) is 2.09. The maximum absolute atomic E-state index is 11.9. The Hall–Kier alpha value is -2.76. The van der Waals surface area contributed by atoms with Crippen LogP contribution in [0.3, 0.4) is 0 Å². The third-order valence-electron chi connectivity index (χ3n) is 3.13. The van der Waals surface area contributed by atoms with Crippen molar-refractivity contribution in [1.82, 2.24) is 5.32 Å². The second-order valence-electron chi connectivity index (χ2n) is 4.40. The first-order valence-electron chi connectivity index (χ1n) is 6.18. The molecule has 2 N–H and O–H groups in total. The van der Waals surface area contributed by atoms with Crippen LogP contribution in [0.15, 0.2) is 35.0 Å². The van der Waals surface area contributed by atoms with Gasteiger partial charge in [0.25, 0.3) is 5.91 Å². The minimum atomic E-state index is -0.612. The summed E-state index contributed by atoms with van der Waals surface area (Å²) in [6.45, 7) is 1.61. The summed E-state index contributed by atoms with van der Waals surface area (Å²) in [6, 6.07) is 4.88. The Labute approximate surface area is 121 Å². The van der Waals surface area contributed by atoms with Gasteiger partial charge in [0.05, 0.1) is 25.4 Å². The van der Waals surface area contributed by atoms with Gasteiger partial charge in [-0.25, -0.2) is 4.79 Å². The first-order valence-corrected chi connectivity index (χ1v) is 6.18. The number of benzene rings is 1. The fourth-order valence-electron chi connectivity index (χ4n) is 2.09. The number of methoxy groups -OCH3 is 2. The van der Waals surface area contributed by atoms with E-state index < -0.39 is 11.9 Å². The molecule has 0 aliphatic carbocycles. The number of carbonyl (C=O) groups is 2. The quantitative estimate of drug-likeness (QED) is 0.648. The van der Waals surface area contributed by atoms with Gasteiger partial charge in [0.1, 0.15) is 0 Å². The molecule has 1 aliphatic rings. The predicted molar refractivity (Wildman–Crippen MR) is 75.5 cm³/mol. The van der Waals surface area contributed by atoms with E-state index in [0.29, 0.717) is 11.3 Å². The topological polar surface area (TPSA) is 84.9 Å². The lowest BCUT2D eigenvalue weighted by atomic mass is 10.0. The van der Waals surface area contributed by atoms with E-state index in [4.69, 9.17) is 4.74 Å². The number of hydrogen-bond acceptors (Lipinski definition) is 5. The van der Waals surface area contributed by atoms with Crippen molar-refractivity contribution in [2.24, 2.45) is 0 Å². The van der Waals surface area contributed by atoms with E-state index >= 15 is 0 Å². The summed E-state index contributed by atoms with van der Waals surface area (Å²) in [6.07, 6.45) is 1.43. The Balaban J connectivity index is 2.54. The minimum Gasteiger partial charge on any atom is -0.504 e. The standard InChI is InChI=1S/C15H15NO5/c1-8-12(15(19)21-3)10(14(18)16-8)7-9-5-4-6-11(20-2)13(9)17/h4-7,17H,1-3H3,(H,16,18). The Bertz CT molecular complexity index is 673. The van der Waals surface area contributed by atoms with Crippen LogP contribution in [-0.4, -0.2) is 31.2 Å². The molecular weight excluding hydrogens is 274 g/mol. The number of rotatable bonds is 3. The van der Waals surface area contributed by atoms with E-state index in [9.17, 15) is 14.7 Å². The number of nitrogens with one attached hydrogen (secondary N) is 1. The van der Waals surface area contributed by atoms with Crippen LogP contribution in [0.1, 0.15) is 12.5 Å². The Kier molecular flexibility index (Phi) is 3.98. The molecule has 110 valence electrons. The molecule has 0 saturated carbocycles. The summed E-state index contributed by atoms with van der Waals surface area (Å²) in [7, 11) is 2.67. The molecule has 2 rings (SSSR count). The molecule has 0 atom stereocenters. The largest absolute Gasteiger partial charge is 0.504 e. The average Bonchev–Trinajstić information content (AvgIpc) is 2.74. The van der Waals surface area contributed by atoms with Crippen LogP contribution in [0.4, 0.5) is 0 Å². The summed E-state index contributed by atoms with van der Waals surface area (Å²) in [4.78, 5) is 23.7. The van der Waals surface area contributed by atoms with Crippen LogP contribution in [0.25, 0.3) is 6.08 Å². The number of esters is 1. The predicted octanol–water partition coefficient (Wildman–Crippen LogP) is 1.36. The number of para-hydroxylation sites is 1. The number of amides is 1. The van der Waals surface area contributed by atoms with Crippen molar-refractivity contribution in [1.29, 1.82) is 0 Å². The maximum Gasteiger partial charge on any atom is 0.340 e. The second-order valence-corrected chi connectivity index (χ2v) is 4.40. The summed E-state index contributed by atoms with van der Waals surface area (Å²) < 4.78 is 9.69. The van der Waals surface area contributed by atoms with Gasteiger partial charge in [0, 0.05) is 11.3 Å². The van der Waals surface area contributed by atoms with Crippen LogP contribution in [0, 0.1) is 0 Å². The summed E-state index contributed by atoms with van der Waals surface area (Å²) in [5.41, 5.74) is 1.09. The molecule has 1 aromatic carbocycles. The van der Waals surface area contributed by atoms with Crippen LogP contribution in [0.5, 0.6) is 11.5 Å². The fraction of sp³-hybridized carbons (Fsp3) is 0.200. The van der Waals surface area contributed by atoms with Crippen molar-refractivity contribution in [3.63, 3.8) is 0 Å². The minimum absolute atomic E-state index is 0.103. The van der Waals surface area contributed by atoms with Crippen LogP contribution >= 0.6 is 0 Å². The molecule has 6 heteroatoms. The van der Waals surface area contributed by atoms with Crippen molar-refractivity contribution < 1.29 is 24.2 Å². The van der Waals surface area contributed by atoms with Crippen molar-refractivity contribution in [3.8, 4) is 11.5 Å². The molecule has 1 aromatic rings.